The third-order valence-corrected chi connectivity index (χ3v) is 4.36. The zero-order valence-electron chi connectivity index (χ0n) is 15.2. The highest BCUT2D eigenvalue weighted by molar-refractivity contribution is 6.33. The second kappa shape index (κ2) is 8.26. The molecule has 0 saturated heterocycles. The van der Waals surface area contributed by atoms with Gasteiger partial charge >= 0.3 is 0 Å². The number of nitrogens with zero attached hydrogens (tertiary/aromatic N) is 2. The fourth-order valence-electron chi connectivity index (χ4n) is 2.65. The fraction of sp³-hybridized carbons (Fsp3) is 0.211. The summed E-state index contributed by atoms with van der Waals surface area (Å²) < 4.78 is 24.5. The van der Waals surface area contributed by atoms with Crippen molar-refractivity contribution in [3.8, 4) is 11.3 Å². The van der Waals surface area contributed by atoms with Crippen LogP contribution in [0.4, 0.5) is 4.39 Å². The number of likely N-dealkylation sites (N-methyl/N-ethyl adjacent to an activating group) is 1. The highest BCUT2D eigenvalue weighted by atomic mass is 35.5. The summed E-state index contributed by atoms with van der Waals surface area (Å²) in [4.78, 5) is 26.2. The molecule has 1 aromatic carbocycles. The summed E-state index contributed by atoms with van der Waals surface area (Å²) in [6.07, 6.45) is 1.50. The molecule has 2 amide bonds. The van der Waals surface area contributed by atoms with Crippen LogP contribution in [0.3, 0.4) is 0 Å². The number of hydrogen-bond donors (Lipinski definition) is 1. The van der Waals surface area contributed by atoms with Crippen LogP contribution in [0.1, 0.15) is 21.9 Å². The Bertz CT molecular complexity index is 981. The first-order valence-corrected chi connectivity index (χ1v) is 8.71. The molecule has 28 heavy (non-hydrogen) atoms. The van der Waals surface area contributed by atoms with Crippen molar-refractivity contribution in [3.63, 3.8) is 0 Å². The molecule has 9 heteroatoms. The average molecular weight is 406 g/mol. The molecule has 0 aliphatic heterocycles. The Morgan fingerprint density at radius 2 is 2.07 bits per heavy atom. The molecule has 0 spiro atoms. The number of rotatable bonds is 6. The maximum Gasteiger partial charge on any atom is 0.259 e. The van der Waals surface area contributed by atoms with Gasteiger partial charge in [-0.1, -0.05) is 22.8 Å². The van der Waals surface area contributed by atoms with E-state index in [1.54, 1.807) is 12.1 Å². The highest BCUT2D eigenvalue weighted by Crippen LogP contribution is 2.33. The van der Waals surface area contributed by atoms with Gasteiger partial charge in [-0.05, 0) is 31.2 Å². The summed E-state index contributed by atoms with van der Waals surface area (Å²) in [7, 11) is 1.45. The van der Waals surface area contributed by atoms with Crippen molar-refractivity contribution in [2.75, 3.05) is 13.6 Å². The first-order chi connectivity index (χ1) is 13.4. The molecule has 3 rings (SSSR count). The normalized spacial score (nSPS) is 10.7. The molecule has 0 aliphatic carbocycles. The van der Waals surface area contributed by atoms with Gasteiger partial charge in [-0.3, -0.25) is 9.59 Å². The zero-order valence-corrected chi connectivity index (χ0v) is 15.9. The van der Waals surface area contributed by atoms with Crippen molar-refractivity contribution >= 4 is 23.4 Å². The molecule has 7 nitrogen and oxygen atoms in total. The predicted octanol–water partition coefficient (Wildman–Crippen LogP) is 3.42. The lowest BCUT2D eigenvalue weighted by Gasteiger charge is -2.17. The van der Waals surface area contributed by atoms with Gasteiger partial charge in [0.1, 0.15) is 28.6 Å². The van der Waals surface area contributed by atoms with E-state index >= 15 is 0 Å². The number of nitrogens with one attached hydrogen (secondary N) is 1. The lowest BCUT2D eigenvalue weighted by atomic mass is 10.0. The Hall–Kier alpha value is -3.13. The van der Waals surface area contributed by atoms with E-state index < -0.39 is 11.7 Å². The van der Waals surface area contributed by atoms with Gasteiger partial charge in [-0.25, -0.2) is 4.39 Å². The van der Waals surface area contributed by atoms with Crippen LogP contribution in [0.5, 0.6) is 0 Å². The molecule has 0 unspecified atom stereocenters. The van der Waals surface area contributed by atoms with Crippen molar-refractivity contribution < 1.29 is 22.9 Å². The van der Waals surface area contributed by atoms with Crippen LogP contribution < -0.4 is 5.32 Å². The van der Waals surface area contributed by atoms with E-state index in [9.17, 15) is 14.0 Å². The van der Waals surface area contributed by atoms with E-state index in [-0.39, 0.29) is 46.6 Å². The van der Waals surface area contributed by atoms with Crippen LogP contribution in [0.2, 0.25) is 5.02 Å². The number of carbonyl (C=O) groups is 2. The van der Waals surface area contributed by atoms with Crippen molar-refractivity contribution in [3.05, 3.63) is 64.5 Å². The Morgan fingerprint density at radius 1 is 1.29 bits per heavy atom. The van der Waals surface area contributed by atoms with Gasteiger partial charge in [-0.2, -0.15) is 0 Å². The summed E-state index contributed by atoms with van der Waals surface area (Å²) in [6.45, 7) is 1.52. The Kier molecular flexibility index (Phi) is 5.79. The molecule has 2 heterocycles. The molecule has 2 aromatic heterocycles. The Morgan fingerprint density at radius 3 is 2.75 bits per heavy atom. The molecule has 0 saturated carbocycles. The molecular weight excluding hydrogens is 389 g/mol. The highest BCUT2D eigenvalue weighted by Gasteiger charge is 2.28. The molecule has 146 valence electrons. The van der Waals surface area contributed by atoms with Crippen LogP contribution in [0.25, 0.3) is 11.3 Å². The van der Waals surface area contributed by atoms with Crippen molar-refractivity contribution in [2.24, 2.45) is 0 Å². The van der Waals surface area contributed by atoms with E-state index in [0.717, 1.165) is 0 Å². The quantitative estimate of drug-likeness (QED) is 0.678. The molecule has 1 N–H and O–H groups in total. The zero-order chi connectivity index (χ0) is 20.3. The number of halogens is 2. The van der Waals surface area contributed by atoms with Gasteiger partial charge in [0, 0.05) is 7.05 Å². The predicted molar refractivity (Wildman–Crippen MR) is 99.2 cm³/mol. The average Bonchev–Trinajstić information content (AvgIpc) is 3.29. The summed E-state index contributed by atoms with van der Waals surface area (Å²) in [6, 6.07) is 7.58. The van der Waals surface area contributed by atoms with Crippen LogP contribution in [0, 0.1) is 12.7 Å². The number of benzene rings is 1. The first kappa shape index (κ1) is 19.6. The largest absolute Gasteiger partial charge is 0.467 e. The molecule has 3 aromatic rings. The third-order valence-electron chi connectivity index (χ3n) is 4.04. The van der Waals surface area contributed by atoms with Crippen LogP contribution >= 0.6 is 11.6 Å². The molecule has 0 bridgehead atoms. The van der Waals surface area contributed by atoms with Crippen molar-refractivity contribution in [2.45, 2.75) is 13.5 Å². The maximum absolute atomic E-state index is 14.3. The second-order valence-electron chi connectivity index (χ2n) is 6.08. The van der Waals surface area contributed by atoms with E-state index in [4.69, 9.17) is 20.5 Å². The van der Waals surface area contributed by atoms with Crippen LogP contribution in [-0.2, 0) is 11.3 Å². The summed E-state index contributed by atoms with van der Waals surface area (Å²) in [5.74, 6) is -0.766. The number of carbonyl (C=O) groups excluding carboxylic acids is 2. The molecule has 0 atom stereocenters. The van der Waals surface area contributed by atoms with Crippen LogP contribution in [0.15, 0.2) is 45.5 Å². The van der Waals surface area contributed by atoms with E-state index in [1.807, 2.05) is 0 Å². The lowest BCUT2D eigenvalue weighted by Crippen LogP contribution is -2.38. The number of aromatic nitrogens is 1. The Balaban J connectivity index is 1.77. The van der Waals surface area contributed by atoms with Gasteiger partial charge < -0.3 is 19.2 Å². The van der Waals surface area contributed by atoms with E-state index in [2.05, 4.69) is 10.5 Å². The minimum atomic E-state index is -0.631. The summed E-state index contributed by atoms with van der Waals surface area (Å²) >= 11 is 6.08. The Labute approximate surface area is 165 Å². The number of amides is 2. The minimum absolute atomic E-state index is 0.00607. The minimum Gasteiger partial charge on any atom is -0.467 e. The monoisotopic (exact) mass is 405 g/mol. The third kappa shape index (κ3) is 4.07. The fourth-order valence-corrected chi connectivity index (χ4v) is 2.90. The number of furan rings is 1. The molecule has 0 radical (unpaired) electrons. The standard InChI is InChI=1S/C19H17ClFN3O4/c1-11-16(18(23-28-11)17-13(20)6-3-7-14(17)21)19(26)24(2)10-15(25)22-9-12-5-4-8-27-12/h3-8H,9-10H2,1-2H3,(H,22,25). The van der Waals surface area contributed by atoms with Gasteiger partial charge in [0.25, 0.3) is 5.91 Å². The van der Waals surface area contributed by atoms with Gasteiger partial charge in [0.2, 0.25) is 5.91 Å². The number of aryl methyl sites for hydroxylation is 1. The number of hydrogen-bond acceptors (Lipinski definition) is 5. The van der Waals surface area contributed by atoms with Gasteiger partial charge in [-0.15, -0.1) is 0 Å². The smallest absolute Gasteiger partial charge is 0.259 e. The van der Waals surface area contributed by atoms with Crippen LogP contribution in [-0.4, -0.2) is 35.5 Å². The summed E-state index contributed by atoms with van der Waals surface area (Å²) in [5.41, 5.74) is 0.0156. The maximum atomic E-state index is 14.3. The van der Waals surface area contributed by atoms with Gasteiger partial charge in [0.15, 0.2) is 0 Å². The summed E-state index contributed by atoms with van der Waals surface area (Å²) in [5, 5.41) is 6.55. The first-order valence-electron chi connectivity index (χ1n) is 8.33. The van der Waals surface area contributed by atoms with E-state index in [1.165, 1.54) is 43.3 Å². The van der Waals surface area contributed by atoms with Gasteiger partial charge in [0.05, 0.1) is 29.9 Å². The van der Waals surface area contributed by atoms with E-state index in [0.29, 0.717) is 5.76 Å². The topological polar surface area (TPSA) is 88.6 Å². The molecule has 0 fully saturated rings. The van der Waals surface area contributed by atoms with Crippen molar-refractivity contribution in [1.29, 1.82) is 0 Å². The molecular formula is C19H17ClFN3O4. The lowest BCUT2D eigenvalue weighted by molar-refractivity contribution is -0.121. The SMILES string of the molecule is Cc1onc(-c2c(F)cccc2Cl)c1C(=O)N(C)CC(=O)NCc1ccco1. The molecule has 0 aliphatic rings. The van der Waals surface area contributed by atoms with Crippen molar-refractivity contribution in [1.82, 2.24) is 15.4 Å². The second-order valence-corrected chi connectivity index (χ2v) is 6.48.